The van der Waals surface area contributed by atoms with E-state index in [-0.39, 0.29) is 11.7 Å². The summed E-state index contributed by atoms with van der Waals surface area (Å²) >= 11 is 5.86. The van der Waals surface area contributed by atoms with Gasteiger partial charge in [0.2, 0.25) is 5.91 Å². The molecule has 1 N–H and O–H groups in total. The lowest BCUT2D eigenvalue weighted by Gasteiger charge is -2.21. The molecule has 0 unspecified atom stereocenters. The fourth-order valence-corrected chi connectivity index (χ4v) is 2.53. The Kier molecular flexibility index (Phi) is 4.66. The number of hydrogen-bond donors (Lipinski definition) is 1. The van der Waals surface area contributed by atoms with E-state index in [0.717, 1.165) is 31.5 Å². The summed E-state index contributed by atoms with van der Waals surface area (Å²) in [6.45, 7) is 2.61. The van der Waals surface area contributed by atoms with Gasteiger partial charge in [-0.2, -0.15) is 0 Å². The number of nitrogens with zero attached hydrogens (tertiary/aromatic N) is 2. The molecule has 1 saturated heterocycles. The number of amides is 1. The lowest BCUT2D eigenvalue weighted by molar-refractivity contribution is -0.131. The number of hydrogen-bond acceptors (Lipinski definition) is 3. The Balaban J connectivity index is 1.91. The smallest absolute Gasteiger partial charge is 0.236 e. The van der Waals surface area contributed by atoms with E-state index in [2.05, 4.69) is 0 Å². The third-order valence-electron chi connectivity index (χ3n) is 3.37. The molecule has 1 aromatic rings. The summed E-state index contributed by atoms with van der Waals surface area (Å²) in [6.07, 6.45) is 2.20. The molecule has 0 spiro atoms. The maximum Gasteiger partial charge on any atom is 0.236 e. The van der Waals surface area contributed by atoms with Gasteiger partial charge in [-0.15, -0.1) is 0 Å². The van der Waals surface area contributed by atoms with Crippen LogP contribution in [0.5, 0.6) is 5.75 Å². The second-order valence-electron chi connectivity index (χ2n) is 5.01. The van der Waals surface area contributed by atoms with E-state index in [9.17, 15) is 9.90 Å². The number of likely N-dealkylation sites (N-methyl/N-ethyl adjacent to an activating group) is 1. The van der Waals surface area contributed by atoms with Crippen LogP contribution in [0, 0.1) is 0 Å². The first kappa shape index (κ1) is 14.2. The molecule has 1 amide bonds. The third-order valence-corrected chi connectivity index (χ3v) is 3.68. The molecule has 0 atom stereocenters. The van der Waals surface area contributed by atoms with E-state index in [1.165, 1.54) is 0 Å². The summed E-state index contributed by atoms with van der Waals surface area (Å²) in [4.78, 5) is 15.8. The van der Waals surface area contributed by atoms with Crippen molar-refractivity contribution in [1.29, 1.82) is 0 Å². The van der Waals surface area contributed by atoms with E-state index in [1.54, 1.807) is 12.1 Å². The zero-order valence-corrected chi connectivity index (χ0v) is 11.9. The maximum absolute atomic E-state index is 12.0. The van der Waals surface area contributed by atoms with Crippen LogP contribution >= 0.6 is 11.6 Å². The number of para-hydroxylation sites is 1. The van der Waals surface area contributed by atoms with Gasteiger partial charge in [0, 0.05) is 25.2 Å². The minimum absolute atomic E-state index is 0.102. The first-order valence-electron chi connectivity index (χ1n) is 6.50. The number of phenols is 1. The highest BCUT2D eigenvalue weighted by molar-refractivity contribution is 6.32. The Hall–Kier alpha value is -1.26. The van der Waals surface area contributed by atoms with Crippen molar-refractivity contribution in [1.82, 2.24) is 9.80 Å². The Morgan fingerprint density at radius 3 is 2.79 bits per heavy atom. The van der Waals surface area contributed by atoms with Crippen molar-refractivity contribution in [2.45, 2.75) is 19.4 Å². The van der Waals surface area contributed by atoms with Gasteiger partial charge in [0.25, 0.3) is 0 Å². The van der Waals surface area contributed by atoms with Crippen LogP contribution in [0.2, 0.25) is 5.02 Å². The fourth-order valence-electron chi connectivity index (χ4n) is 2.33. The van der Waals surface area contributed by atoms with Crippen LogP contribution in [0.1, 0.15) is 18.4 Å². The molecule has 5 heteroatoms. The average Bonchev–Trinajstić information content (AvgIpc) is 2.88. The molecule has 0 bridgehead atoms. The van der Waals surface area contributed by atoms with Gasteiger partial charge in [-0.05, 0) is 26.0 Å². The van der Waals surface area contributed by atoms with Crippen LogP contribution in [0.3, 0.4) is 0 Å². The summed E-state index contributed by atoms with van der Waals surface area (Å²) in [6, 6.07) is 5.27. The zero-order valence-electron chi connectivity index (χ0n) is 11.1. The van der Waals surface area contributed by atoms with Crippen molar-refractivity contribution in [2.75, 3.05) is 26.7 Å². The van der Waals surface area contributed by atoms with E-state index in [1.807, 2.05) is 22.9 Å². The van der Waals surface area contributed by atoms with Gasteiger partial charge in [-0.3, -0.25) is 9.69 Å². The van der Waals surface area contributed by atoms with Gasteiger partial charge in [-0.1, -0.05) is 23.7 Å². The number of carbonyl (C=O) groups is 1. The van der Waals surface area contributed by atoms with Crippen LogP contribution in [0.15, 0.2) is 18.2 Å². The minimum atomic E-state index is 0.102. The van der Waals surface area contributed by atoms with Crippen LogP contribution in [-0.4, -0.2) is 47.5 Å². The van der Waals surface area contributed by atoms with Crippen molar-refractivity contribution in [3.8, 4) is 5.75 Å². The molecule has 1 heterocycles. The monoisotopic (exact) mass is 282 g/mol. The second kappa shape index (κ2) is 6.26. The Labute approximate surface area is 118 Å². The van der Waals surface area contributed by atoms with Gasteiger partial charge in [0.1, 0.15) is 5.75 Å². The number of phenolic OH excluding ortho intramolecular Hbond substituents is 1. The quantitative estimate of drug-likeness (QED) is 0.920. The number of carbonyl (C=O) groups excluding carboxylic acids is 1. The Bertz CT molecular complexity index is 459. The SMILES string of the molecule is CN(CC(=O)N1CCCC1)Cc1cccc(Cl)c1O. The summed E-state index contributed by atoms with van der Waals surface area (Å²) in [5.74, 6) is 0.256. The number of halogens is 1. The fraction of sp³-hybridized carbons (Fsp3) is 0.500. The summed E-state index contributed by atoms with van der Waals surface area (Å²) in [5, 5.41) is 10.2. The van der Waals surface area contributed by atoms with Gasteiger partial charge in [-0.25, -0.2) is 0 Å². The highest BCUT2D eigenvalue weighted by atomic mass is 35.5. The van der Waals surface area contributed by atoms with E-state index < -0.39 is 0 Å². The predicted molar refractivity (Wildman–Crippen MR) is 75.3 cm³/mol. The van der Waals surface area contributed by atoms with Crippen LogP contribution < -0.4 is 0 Å². The van der Waals surface area contributed by atoms with E-state index in [0.29, 0.717) is 18.1 Å². The highest BCUT2D eigenvalue weighted by Crippen LogP contribution is 2.27. The number of likely N-dealkylation sites (tertiary alicyclic amines) is 1. The first-order chi connectivity index (χ1) is 9.08. The number of aromatic hydroxyl groups is 1. The van der Waals surface area contributed by atoms with Gasteiger partial charge < -0.3 is 10.0 Å². The largest absolute Gasteiger partial charge is 0.506 e. The molecule has 1 aromatic carbocycles. The normalized spacial score (nSPS) is 15.2. The van der Waals surface area contributed by atoms with Crippen molar-refractivity contribution in [2.24, 2.45) is 0 Å². The van der Waals surface area contributed by atoms with Crippen LogP contribution in [0.4, 0.5) is 0 Å². The Morgan fingerprint density at radius 2 is 2.11 bits per heavy atom. The minimum Gasteiger partial charge on any atom is -0.506 e. The zero-order chi connectivity index (χ0) is 13.8. The van der Waals surface area contributed by atoms with Gasteiger partial charge >= 0.3 is 0 Å². The second-order valence-corrected chi connectivity index (χ2v) is 5.41. The third kappa shape index (κ3) is 3.61. The lowest BCUT2D eigenvalue weighted by Crippen LogP contribution is -2.36. The van der Waals surface area contributed by atoms with Crippen LogP contribution in [-0.2, 0) is 11.3 Å². The molecule has 0 aromatic heterocycles. The number of benzene rings is 1. The molecule has 0 radical (unpaired) electrons. The number of rotatable bonds is 4. The molecular weight excluding hydrogens is 264 g/mol. The lowest BCUT2D eigenvalue weighted by atomic mass is 10.2. The topological polar surface area (TPSA) is 43.8 Å². The van der Waals surface area contributed by atoms with Crippen LogP contribution in [0.25, 0.3) is 0 Å². The predicted octanol–water partition coefficient (Wildman–Crippen LogP) is 2.10. The molecule has 4 nitrogen and oxygen atoms in total. The molecule has 2 rings (SSSR count). The van der Waals surface area contributed by atoms with Gasteiger partial charge in [0.15, 0.2) is 0 Å². The standard InChI is InChI=1S/C14H19ClN2O2/c1-16(10-13(18)17-7-2-3-8-17)9-11-5-4-6-12(15)14(11)19/h4-6,19H,2-3,7-10H2,1H3. The van der Waals surface area contributed by atoms with Gasteiger partial charge in [0.05, 0.1) is 11.6 Å². The summed E-state index contributed by atoms with van der Waals surface area (Å²) in [5.41, 5.74) is 0.740. The maximum atomic E-state index is 12.0. The first-order valence-corrected chi connectivity index (χ1v) is 6.88. The van der Waals surface area contributed by atoms with E-state index in [4.69, 9.17) is 11.6 Å². The molecule has 19 heavy (non-hydrogen) atoms. The molecule has 0 aliphatic carbocycles. The molecule has 1 fully saturated rings. The molecule has 104 valence electrons. The summed E-state index contributed by atoms with van der Waals surface area (Å²) in [7, 11) is 1.87. The van der Waals surface area contributed by atoms with Crippen molar-refractivity contribution in [3.05, 3.63) is 28.8 Å². The van der Waals surface area contributed by atoms with Crippen molar-refractivity contribution >= 4 is 17.5 Å². The van der Waals surface area contributed by atoms with E-state index >= 15 is 0 Å². The Morgan fingerprint density at radius 1 is 1.42 bits per heavy atom. The summed E-state index contributed by atoms with van der Waals surface area (Å²) < 4.78 is 0. The molecule has 1 aliphatic heterocycles. The highest BCUT2D eigenvalue weighted by Gasteiger charge is 2.19. The van der Waals surface area contributed by atoms with Crippen molar-refractivity contribution in [3.63, 3.8) is 0 Å². The molecular formula is C14H19ClN2O2. The van der Waals surface area contributed by atoms with Crippen molar-refractivity contribution < 1.29 is 9.90 Å². The average molecular weight is 283 g/mol. The molecule has 0 saturated carbocycles. The molecule has 1 aliphatic rings.